The van der Waals surface area contributed by atoms with Crippen LogP contribution in [0.4, 0.5) is 4.39 Å². The number of carbonyl (C=O) groups is 2. The van der Waals surface area contributed by atoms with Crippen LogP contribution >= 0.6 is 0 Å². The van der Waals surface area contributed by atoms with Crippen LogP contribution in [0.3, 0.4) is 0 Å². The van der Waals surface area contributed by atoms with Gasteiger partial charge in [-0.1, -0.05) is 36.4 Å². The zero-order valence-corrected chi connectivity index (χ0v) is 17.4. The van der Waals surface area contributed by atoms with Crippen molar-refractivity contribution in [3.63, 3.8) is 0 Å². The van der Waals surface area contributed by atoms with Gasteiger partial charge >= 0.3 is 5.97 Å². The number of carboxylic acids is 1. The highest BCUT2D eigenvalue weighted by Crippen LogP contribution is 2.30. The summed E-state index contributed by atoms with van der Waals surface area (Å²) in [5, 5.41) is 11.9. The van der Waals surface area contributed by atoms with Crippen LogP contribution in [0.25, 0.3) is 6.08 Å². The number of amides is 1. The van der Waals surface area contributed by atoms with E-state index in [4.69, 9.17) is 9.47 Å². The molecule has 0 saturated heterocycles. The molecule has 0 spiro atoms. The van der Waals surface area contributed by atoms with Gasteiger partial charge in [-0.05, 0) is 60.5 Å². The average molecular weight is 435 g/mol. The van der Waals surface area contributed by atoms with Gasteiger partial charge in [-0.2, -0.15) is 0 Å². The highest BCUT2D eigenvalue weighted by atomic mass is 19.1. The smallest absolute Gasteiger partial charge is 0.352 e. The van der Waals surface area contributed by atoms with E-state index in [0.29, 0.717) is 29.2 Å². The lowest BCUT2D eigenvalue weighted by Crippen LogP contribution is -2.27. The lowest BCUT2D eigenvalue weighted by molar-refractivity contribution is -0.132. The second-order valence-electron chi connectivity index (χ2n) is 6.74. The van der Waals surface area contributed by atoms with E-state index < -0.39 is 11.9 Å². The van der Waals surface area contributed by atoms with E-state index in [-0.39, 0.29) is 18.1 Å². The number of ether oxygens (including phenoxy) is 2. The molecule has 2 N–H and O–H groups in total. The Kier molecular flexibility index (Phi) is 7.59. The fraction of sp³-hybridized carbons (Fsp3) is 0.120. The van der Waals surface area contributed by atoms with Crippen molar-refractivity contribution >= 4 is 18.0 Å². The SMILES string of the molecule is CCOc1cc(C=C(NC(=O)c2ccccc2)C(=O)O)ccc1OCc1ccc(F)cc1. The van der Waals surface area contributed by atoms with Crippen molar-refractivity contribution in [2.24, 2.45) is 0 Å². The van der Waals surface area contributed by atoms with Crippen LogP contribution in [-0.4, -0.2) is 23.6 Å². The molecule has 0 aliphatic rings. The minimum Gasteiger partial charge on any atom is -0.490 e. The zero-order chi connectivity index (χ0) is 22.9. The van der Waals surface area contributed by atoms with Gasteiger partial charge in [0.25, 0.3) is 5.91 Å². The molecule has 0 saturated carbocycles. The monoisotopic (exact) mass is 435 g/mol. The van der Waals surface area contributed by atoms with E-state index in [2.05, 4.69) is 5.32 Å². The summed E-state index contributed by atoms with van der Waals surface area (Å²) in [6.45, 7) is 2.40. The maximum absolute atomic E-state index is 13.1. The Balaban J connectivity index is 1.79. The van der Waals surface area contributed by atoms with Gasteiger partial charge in [0.2, 0.25) is 0 Å². The number of hydrogen-bond acceptors (Lipinski definition) is 4. The zero-order valence-electron chi connectivity index (χ0n) is 17.4. The summed E-state index contributed by atoms with van der Waals surface area (Å²) in [6.07, 6.45) is 1.34. The van der Waals surface area contributed by atoms with Crippen LogP contribution in [0, 0.1) is 5.82 Å². The lowest BCUT2D eigenvalue weighted by Gasteiger charge is -2.13. The molecule has 7 heteroatoms. The van der Waals surface area contributed by atoms with Crippen molar-refractivity contribution in [3.05, 3.63) is 101 Å². The summed E-state index contributed by atoms with van der Waals surface area (Å²) in [5.74, 6) is -1.25. The number of carbonyl (C=O) groups excluding carboxylic acids is 1. The molecule has 6 nitrogen and oxygen atoms in total. The maximum atomic E-state index is 13.1. The number of aliphatic carboxylic acids is 1. The van der Waals surface area contributed by atoms with Gasteiger partial charge in [0.15, 0.2) is 11.5 Å². The molecule has 3 aromatic rings. The first-order valence-electron chi connectivity index (χ1n) is 9.91. The summed E-state index contributed by atoms with van der Waals surface area (Å²) >= 11 is 0. The van der Waals surface area contributed by atoms with Crippen LogP contribution < -0.4 is 14.8 Å². The summed E-state index contributed by atoms with van der Waals surface area (Å²) in [4.78, 5) is 24.0. The molecular formula is C25H22FNO5. The van der Waals surface area contributed by atoms with Crippen LogP contribution in [0.15, 0.2) is 78.5 Å². The Morgan fingerprint density at radius 1 is 0.969 bits per heavy atom. The summed E-state index contributed by atoms with van der Waals surface area (Å²) < 4.78 is 24.5. The molecule has 0 aliphatic carbocycles. The molecule has 1 amide bonds. The second-order valence-corrected chi connectivity index (χ2v) is 6.74. The van der Waals surface area contributed by atoms with E-state index >= 15 is 0 Å². The van der Waals surface area contributed by atoms with Crippen molar-refractivity contribution in [2.75, 3.05) is 6.61 Å². The number of nitrogens with one attached hydrogen (secondary N) is 1. The van der Waals surface area contributed by atoms with Gasteiger partial charge in [0.05, 0.1) is 6.61 Å². The number of rotatable bonds is 9. The van der Waals surface area contributed by atoms with Crippen LogP contribution in [0.5, 0.6) is 11.5 Å². The molecular weight excluding hydrogens is 413 g/mol. The van der Waals surface area contributed by atoms with Crippen molar-refractivity contribution in [1.82, 2.24) is 5.32 Å². The standard InChI is InChI=1S/C25H22FNO5/c1-2-31-23-15-18(10-13-22(23)32-16-17-8-11-20(26)12-9-17)14-21(25(29)30)27-24(28)19-6-4-3-5-7-19/h3-15H,2,16H2,1H3,(H,27,28)(H,29,30). The fourth-order valence-corrected chi connectivity index (χ4v) is 2.85. The van der Waals surface area contributed by atoms with E-state index in [9.17, 15) is 19.1 Å². The van der Waals surface area contributed by atoms with Crippen molar-refractivity contribution in [1.29, 1.82) is 0 Å². The average Bonchev–Trinajstić information content (AvgIpc) is 2.80. The first kappa shape index (κ1) is 22.6. The van der Waals surface area contributed by atoms with E-state index in [0.717, 1.165) is 5.56 Å². The Morgan fingerprint density at radius 3 is 2.34 bits per heavy atom. The summed E-state index contributed by atoms with van der Waals surface area (Å²) in [5.41, 5.74) is 1.36. The number of halogens is 1. The Bertz CT molecular complexity index is 1110. The van der Waals surface area contributed by atoms with E-state index in [1.807, 2.05) is 6.92 Å². The van der Waals surface area contributed by atoms with Gasteiger partial charge in [-0.25, -0.2) is 9.18 Å². The minimum atomic E-state index is -1.27. The summed E-state index contributed by atoms with van der Waals surface area (Å²) in [6, 6.07) is 19.2. The molecule has 0 atom stereocenters. The lowest BCUT2D eigenvalue weighted by atomic mass is 10.1. The second kappa shape index (κ2) is 10.8. The topological polar surface area (TPSA) is 84.9 Å². The van der Waals surface area contributed by atoms with Gasteiger partial charge in [0.1, 0.15) is 18.1 Å². The predicted octanol–water partition coefficient (Wildman–Crippen LogP) is 4.66. The Hall–Kier alpha value is -4.13. The molecule has 0 fully saturated rings. The number of hydrogen-bond donors (Lipinski definition) is 2. The van der Waals surface area contributed by atoms with Gasteiger partial charge in [0, 0.05) is 5.56 Å². The molecule has 3 aromatic carbocycles. The van der Waals surface area contributed by atoms with Gasteiger partial charge < -0.3 is 19.9 Å². The van der Waals surface area contributed by atoms with Crippen molar-refractivity contribution in [3.8, 4) is 11.5 Å². The first-order chi connectivity index (χ1) is 15.5. The molecule has 32 heavy (non-hydrogen) atoms. The third kappa shape index (κ3) is 6.18. The maximum Gasteiger partial charge on any atom is 0.352 e. The highest BCUT2D eigenvalue weighted by Gasteiger charge is 2.14. The molecule has 164 valence electrons. The Morgan fingerprint density at radius 2 is 1.69 bits per heavy atom. The largest absolute Gasteiger partial charge is 0.490 e. The van der Waals surface area contributed by atoms with E-state index in [1.54, 1.807) is 60.7 Å². The predicted molar refractivity (Wildman–Crippen MR) is 118 cm³/mol. The third-order valence-electron chi connectivity index (χ3n) is 4.40. The number of carboxylic acid groups (broad SMARTS) is 1. The van der Waals surface area contributed by atoms with Gasteiger partial charge in [-0.15, -0.1) is 0 Å². The van der Waals surface area contributed by atoms with Crippen LogP contribution in [0.2, 0.25) is 0 Å². The van der Waals surface area contributed by atoms with E-state index in [1.165, 1.54) is 18.2 Å². The minimum absolute atomic E-state index is 0.211. The molecule has 0 unspecified atom stereocenters. The normalized spacial score (nSPS) is 11.0. The molecule has 3 rings (SSSR count). The molecule has 0 aliphatic heterocycles. The van der Waals surface area contributed by atoms with Crippen LogP contribution in [-0.2, 0) is 11.4 Å². The van der Waals surface area contributed by atoms with Crippen molar-refractivity contribution < 1.29 is 28.6 Å². The molecule has 0 heterocycles. The molecule has 0 aromatic heterocycles. The molecule has 0 radical (unpaired) electrons. The third-order valence-corrected chi connectivity index (χ3v) is 4.40. The quantitative estimate of drug-likeness (QED) is 0.478. The molecule has 0 bridgehead atoms. The number of benzene rings is 3. The van der Waals surface area contributed by atoms with Gasteiger partial charge in [-0.3, -0.25) is 4.79 Å². The fourth-order valence-electron chi connectivity index (χ4n) is 2.85. The van der Waals surface area contributed by atoms with Crippen LogP contribution in [0.1, 0.15) is 28.4 Å². The van der Waals surface area contributed by atoms with Crippen molar-refractivity contribution in [2.45, 2.75) is 13.5 Å². The Labute approximate surface area is 184 Å². The first-order valence-corrected chi connectivity index (χ1v) is 9.91. The summed E-state index contributed by atoms with van der Waals surface area (Å²) in [7, 11) is 0. The highest BCUT2D eigenvalue weighted by molar-refractivity contribution is 6.02.